The molecule has 3 N–H and O–H groups in total. The zero-order valence-electron chi connectivity index (χ0n) is 11.7. The molecule has 2 aromatic rings. The van der Waals surface area contributed by atoms with Crippen LogP contribution in [-0.4, -0.2) is 32.6 Å². The van der Waals surface area contributed by atoms with Gasteiger partial charge in [0.1, 0.15) is 11.8 Å². The highest BCUT2D eigenvalue weighted by Crippen LogP contribution is 2.50. The number of nitrogens with two attached hydrogens (primary N) is 1. The summed E-state index contributed by atoms with van der Waals surface area (Å²) in [6.45, 7) is 0. The molecule has 4 unspecified atom stereocenters. The topological polar surface area (TPSA) is 81.7 Å². The molecule has 0 saturated heterocycles. The molecule has 0 radical (unpaired) electrons. The molecule has 106 valence electrons. The number of nitrogens with one attached hydrogen (secondary N) is 1. The molecule has 2 heterocycles. The fourth-order valence-electron chi connectivity index (χ4n) is 4.39. The normalized spacial score (nSPS) is 32.9. The number of fused-ring (bicyclic) bond motifs is 2. The van der Waals surface area contributed by atoms with Gasteiger partial charge in [-0.3, -0.25) is 0 Å². The Hall–Kier alpha value is -1.69. The number of nitrogens with zero attached hydrogens (tertiary/aromatic N) is 4. The van der Waals surface area contributed by atoms with E-state index in [4.69, 9.17) is 5.73 Å². The van der Waals surface area contributed by atoms with Crippen LogP contribution in [0.4, 0.5) is 5.82 Å². The Labute approximate surface area is 117 Å². The van der Waals surface area contributed by atoms with Crippen LogP contribution in [0.1, 0.15) is 31.7 Å². The number of hydrogen-bond acceptors (Lipinski definition) is 5. The summed E-state index contributed by atoms with van der Waals surface area (Å²) in [6.07, 6.45) is 8.51. The fraction of sp³-hybridized carbons (Fsp3) is 0.643. The van der Waals surface area contributed by atoms with Gasteiger partial charge < -0.3 is 15.6 Å². The number of nitrogen functional groups attached to an aromatic ring is 1. The molecular weight excluding hydrogens is 252 g/mol. The molecule has 2 saturated carbocycles. The van der Waals surface area contributed by atoms with Gasteiger partial charge in [-0.1, -0.05) is 0 Å². The van der Waals surface area contributed by atoms with Gasteiger partial charge >= 0.3 is 0 Å². The van der Waals surface area contributed by atoms with Gasteiger partial charge in [0.25, 0.3) is 0 Å². The van der Waals surface area contributed by atoms with Crippen LogP contribution < -0.4 is 11.1 Å². The first-order valence-electron chi connectivity index (χ1n) is 7.40. The second-order valence-corrected chi connectivity index (χ2v) is 6.03. The van der Waals surface area contributed by atoms with E-state index in [9.17, 15) is 0 Å². The Kier molecular flexibility index (Phi) is 2.66. The van der Waals surface area contributed by atoms with E-state index in [2.05, 4.69) is 31.9 Å². The maximum Gasteiger partial charge on any atom is 0.165 e. The van der Waals surface area contributed by atoms with Crippen LogP contribution in [-0.2, 0) is 0 Å². The summed E-state index contributed by atoms with van der Waals surface area (Å²) < 4.78 is 2.23. The summed E-state index contributed by atoms with van der Waals surface area (Å²) in [6, 6.07) is 1.19. The second-order valence-electron chi connectivity index (χ2n) is 6.03. The third kappa shape index (κ3) is 1.57. The van der Waals surface area contributed by atoms with E-state index in [1.54, 1.807) is 0 Å². The summed E-state index contributed by atoms with van der Waals surface area (Å²) in [5.41, 5.74) is 7.50. The SMILES string of the molecule is CNC1CCC2C1CCC2n1cnc2c(N)ncnc21. The number of hydrogen-bond donors (Lipinski definition) is 2. The largest absolute Gasteiger partial charge is 0.382 e. The van der Waals surface area contributed by atoms with Crippen molar-refractivity contribution in [2.24, 2.45) is 11.8 Å². The van der Waals surface area contributed by atoms with Gasteiger partial charge in [-0.2, -0.15) is 0 Å². The quantitative estimate of drug-likeness (QED) is 0.862. The molecular formula is C14H20N6. The Bertz CT molecular complexity index is 636. The van der Waals surface area contributed by atoms with Gasteiger partial charge in [0.2, 0.25) is 0 Å². The third-order valence-electron chi connectivity index (χ3n) is 5.28. The highest BCUT2D eigenvalue weighted by Gasteiger charge is 2.45. The number of aromatic nitrogens is 4. The van der Waals surface area contributed by atoms with Crippen LogP contribution >= 0.6 is 0 Å². The van der Waals surface area contributed by atoms with Crippen molar-refractivity contribution in [1.82, 2.24) is 24.8 Å². The average molecular weight is 272 g/mol. The van der Waals surface area contributed by atoms with Gasteiger partial charge in [0.05, 0.1) is 6.33 Å². The minimum Gasteiger partial charge on any atom is -0.382 e. The predicted octanol–water partition coefficient (Wildman–Crippen LogP) is 1.36. The van der Waals surface area contributed by atoms with Gasteiger partial charge in [-0.15, -0.1) is 0 Å². The maximum atomic E-state index is 5.88. The van der Waals surface area contributed by atoms with Gasteiger partial charge in [0, 0.05) is 12.1 Å². The number of imidazole rings is 1. The standard InChI is InChI=1S/C14H20N6/c1-16-10-4-2-9-8(10)3-5-11(9)20-7-19-12-13(15)17-6-18-14(12)20/h6-11,16H,2-5H2,1H3,(H2,15,17,18). The van der Waals surface area contributed by atoms with Crippen molar-refractivity contribution in [2.45, 2.75) is 37.8 Å². The first kappa shape index (κ1) is 12.1. The Morgan fingerprint density at radius 2 is 2.00 bits per heavy atom. The van der Waals surface area contributed by atoms with Crippen molar-refractivity contribution < 1.29 is 0 Å². The molecule has 0 bridgehead atoms. The second kappa shape index (κ2) is 4.41. The molecule has 0 amide bonds. The highest BCUT2D eigenvalue weighted by molar-refractivity contribution is 5.81. The van der Waals surface area contributed by atoms with Gasteiger partial charge in [0.15, 0.2) is 11.5 Å². The smallest absolute Gasteiger partial charge is 0.165 e. The van der Waals surface area contributed by atoms with Crippen molar-refractivity contribution >= 4 is 17.0 Å². The lowest BCUT2D eigenvalue weighted by molar-refractivity contribution is 0.331. The lowest BCUT2D eigenvalue weighted by Crippen LogP contribution is -2.29. The van der Waals surface area contributed by atoms with E-state index in [0.29, 0.717) is 17.9 Å². The van der Waals surface area contributed by atoms with E-state index >= 15 is 0 Å². The molecule has 20 heavy (non-hydrogen) atoms. The van der Waals surface area contributed by atoms with Gasteiger partial charge in [-0.25, -0.2) is 15.0 Å². The van der Waals surface area contributed by atoms with Crippen LogP contribution in [0, 0.1) is 11.8 Å². The van der Waals surface area contributed by atoms with Crippen LogP contribution in [0.15, 0.2) is 12.7 Å². The Balaban J connectivity index is 1.72. The molecule has 6 heteroatoms. The molecule has 2 aromatic heterocycles. The number of anilines is 1. The summed E-state index contributed by atoms with van der Waals surface area (Å²) in [5.74, 6) is 2.01. The van der Waals surface area contributed by atoms with Crippen molar-refractivity contribution in [3.8, 4) is 0 Å². The minimum absolute atomic E-state index is 0.475. The minimum atomic E-state index is 0.475. The molecule has 0 aliphatic heterocycles. The van der Waals surface area contributed by atoms with Crippen LogP contribution in [0.25, 0.3) is 11.2 Å². The van der Waals surface area contributed by atoms with Crippen molar-refractivity contribution in [2.75, 3.05) is 12.8 Å². The third-order valence-corrected chi connectivity index (χ3v) is 5.28. The summed E-state index contributed by atoms with van der Waals surface area (Å²) >= 11 is 0. The number of rotatable bonds is 2. The van der Waals surface area contributed by atoms with Crippen molar-refractivity contribution in [1.29, 1.82) is 0 Å². The molecule has 4 atom stereocenters. The van der Waals surface area contributed by atoms with Crippen molar-refractivity contribution in [3.05, 3.63) is 12.7 Å². The highest BCUT2D eigenvalue weighted by atomic mass is 15.2. The average Bonchev–Trinajstić information content (AvgIpc) is 3.11. The van der Waals surface area contributed by atoms with Crippen molar-refractivity contribution in [3.63, 3.8) is 0 Å². The molecule has 4 rings (SSSR count). The molecule has 2 aliphatic rings. The first-order valence-corrected chi connectivity index (χ1v) is 7.40. The van der Waals surface area contributed by atoms with E-state index in [1.807, 2.05) is 6.33 Å². The Morgan fingerprint density at radius 3 is 2.85 bits per heavy atom. The zero-order chi connectivity index (χ0) is 13.7. The molecule has 2 aliphatic carbocycles. The summed E-state index contributed by atoms with van der Waals surface area (Å²) in [4.78, 5) is 12.8. The molecule has 0 spiro atoms. The fourth-order valence-corrected chi connectivity index (χ4v) is 4.39. The van der Waals surface area contributed by atoms with E-state index < -0.39 is 0 Å². The van der Waals surface area contributed by atoms with E-state index in [0.717, 1.165) is 23.0 Å². The predicted molar refractivity (Wildman–Crippen MR) is 77.1 cm³/mol. The zero-order valence-corrected chi connectivity index (χ0v) is 11.7. The van der Waals surface area contributed by atoms with Crippen LogP contribution in [0.2, 0.25) is 0 Å². The van der Waals surface area contributed by atoms with Crippen LogP contribution in [0.3, 0.4) is 0 Å². The summed E-state index contributed by atoms with van der Waals surface area (Å²) in [5, 5.41) is 3.48. The van der Waals surface area contributed by atoms with E-state index in [1.165, 1.54) is 32.0 Å². The molecule has 2 fully saturated rings. The van der Waals surface area contributed by atoms with Gasteiger partial charge in [-0.05, 0) is 44.6 Å². The Morgan fingerprint density at radius 1 is 1.15 bits per heavy atom. The lowest BCUT2D eigenvalue weighted by Gasteiger charge is -2.21. The van der Waals surface area contributed by atoms with Crippen LogP contribution in [0.5, 0.6) is 0 Å². The summed E-state index contributed by atoms with van der Waals surface area (Å²) in [7, 11) is 2.08. The monoisotopic (exact) mass is 272 g/mol. The lowest BCUT2D eigenvalue weighted by atomic mass is 9.95. The van der Waals surface area contributed by atoms with E-state index in [-0.39, 0.29) is 0 Å². The first-order chi connectivity index (χ1) is 9.79. The molecule has 0 aromatic carbocycles. The maximum absolute atomic E-state index is 5.88. The molecule has 6 nitrogen and oxygen atoms in total.